The van der Waals surface area contributed by atoms with Crippen LogP contribution in [0.15, 0.2) is 45.8 Å². The molecule has 1 N–H and O–H groups in total. The summed E-state index contributed by atoms with van der Waals surface area (Å²) in [7, 11) is -3.71. The van der Waals surface area contributed by atoms with Gasteiger partial charge in [0.15, 0.2) is 0 Å². The number of benzene rings is 2. The van der Waals surface area contributed by atoms with Crippen LogP contribution in [0.3, 0.4) is 0 Å². The molecule has 21 heavy (non-hydrogen) atoms. The molecule has 0 aliphatic rings. The van der Waals surface area contributed by atoms with Gasteiger partial charge in [0.1, 0.15) is 6.07 Å². The maximum atomic E-state index is 12.4. The molecule has 2 rings (SSSR count). The van der Waals surface area contributed by atoms with E-state index in [0.717, 1.165) is 11.1 Å². The summed E-state index contributed by atoms with van der Waals surface area (Å²) in [6, 6.07) is 11.7. The molecule has 0 bridgehead atoms. The number of nitrogens with one attached hydrogen (secondary N) is 1. The van der Waals surface area contributed by atoms with Gasteiger partial charge in [-0.2, -0.15) is 5.26 Å². The molecule has 0 saturated heterocycles. The molecule has 6 heteroatoms. The van der Waals surface area contributed by atoms with E-state index in [1.807, 2.05) is 19.9 Å². The number of sulfonamides is 1. The number of rotatable bonds is 3. The number of halogens is 1. The van der Waals surface area contributed by atoms with Gasteiger partial charge in [-0.15, -0.1) is 0 Å². The van der Waals surface area contributed by atoms with E-state index < -0.39 is 10.0 Å². The number of hydrogen-bond acceptors (Lipinski definition) is 3. The highest BCUT2D eigenvalue weighted by Gasteiger charge is 2.16. The Morgan fingerprint density at radius 2 is 1.81 bits per heavy atom. The van der Waals surface area contributed by atoms with Crippen LogP contribution >= 0.6 is 15.9 Å². The first kappa shape index (κ1) is 15.5. The van der Waals surface area contributed by atoms with Crippen molar-refractivity contribution in [3.63, 3.8) is 0 Å². The third-order valence-corrected chi connectivity index (χ3v) is 4.99. The van der Waals surface area contributed by atoms with Gasteiger partial charge in [0.05, 0.1) is 16.1 Å². The molecule has 0 heterocycles. The number of hydrogen-bond donors (Lipinski definition) is 1. The highest BCUT2D eigenvalue weighted by Crippen LogP contribution is 2.24. The van der Waals surface area contributed by atoms with Crippen molar-refractivity contribution in [2.75, 3.05) is 4.72 Å². The van der Waals surface area contributed by atoms with Gasteiger partial charge in [-0.1, -0.05) is 22.0 Å². The molecular weight excluding hydrogens is 352 g/mol. The van der Waals surface area contributed by atoms with Crippen LogP contribution in [-0.4, -0.2) is 8.42 Å². The van der Waals surface area contributed by atoms with E-state index in [1.54, 1.807) is 36.4 Å². The number of nitriles is 1. The van der Waals surface area contributed by atoms with Crippen LogP contribution in [0.5, 0.6) is 0 Å². The first-order valence-corrected chi connectivity index (χ1v) is 8.41. The second-order valence-corrected chi connectivity index (χ2v) is 7.25. The Balaban J connectivity index is 2.42. The van der Waals surface area contributed by atoms with Crippen LogP contribution in [0.2, 0.25) is 0 Å². The van der Waals surface area contributed by atoms with E-state index in [0.29, 0.717) is 4.47 Å². The molecule has 108 valence electrons. The SMILES string of the molecule is Cc1ccc(S(=O)(=O)Nc2ccc(Br)cc2C#N)cc1C. The van der Waals surface area contributed by atoms with Crippen LogP contribution in [0.1, 0.15) is 16.7 Å². The largest absolute Gasteiger partial charge is 0.278 e. The third kappa shape index (κ3) is 3.43. The van der Waals surface area contributed by atoms with E-state index in [9.17, 15) is 8.42 Å². The average molecular weight is 365 g/mol. The molecule has 0 atom stereocenters. The van der Waals surface area contributed by atoms with Crippen molar-refractivity contribution < 1.29 is 8.42 Å². The Labute approximate surface area is 132 Å². The lowest BCUT2D eigenvalue weighted by Crippen LogP contribution is -2.14. The summed E-state index contributed by atoms with van der Waals surface area (Å²) in [6.07, 6.45) is 0. The molecule has 2 aromatic carbocycles. The average Bonchev–Trinajstić information content (AvgIpc) is 2.43. The van der Waals surface area contributed by atoms with Gasteiger partial charge >= 0.3 is 0 Å². The van der Waals surface area contributed by atoms with Crippen molar-refractivity contribution in [1.82, 2.24) is 0 Å². The standard InChI is InChI=1S/C15H13BrN2O2S/c1-10-3-5-14(7-11(10)2)21(19,20)18-15-6-4-13(16)8-12(15)9-17/h3-8,18H,1-2H3. The minimum atomic E-state index is -3.71. The topological polar surface area (TPSA) is 70.0 Å². The molecule has 0 saturated carbocycles. The predicted octanol–water partition coefficient (Wildman–Crippen LogP) is 3.74. The fourth-order valence-corrected chi connectivity index (χ4v) is 3.31. The highest BCUT2D eigenvalue weighted by molar-refractivity contribution is 9.10. The molecule has 0 aliphatic heterocycles. The molecular formula is C15H13BrN2O2S. The van der Waals surface area contributed by atoms with Crippen LogP contribution in [-0.2, 0) is 10.0 Å². The fourth-order valence-electron chi connectivity index (χ4n) is 1.78. The highest BCUT2D eigenvalue weighted by atomic mass is 79.9. The van der Waals surface area contributed by atoms with Crippen LogP contribution in [0.4, 0.5) is 5.69 Å². The molecule has 0 aromatic heterocycles. The minimum absolute atomic E-state index is 0.178. The molecule has 0 fully saturated rings. The van der Waals surface area contributed by atoms with Crippen molar-refractivity contribution in [3.8, 4) is 6.07 Å². The van der Waals surface area contributed by atoms with E-state index in [-0.39, 0.29) is 16.1 Å². The number of nitrogens with zero attached hydrogens (tertiary/aromatic N) is 1. The van der Waals surface area contributed by atoms with Gasteiger partial charge in [0.25, 0.3) is 10.0 Å². The maximum absolute atomic E-state index is 12.4. The fraction of sp³-hybridized carbons (Fsp3) is 0.133. The Hall–Kier alpha value is -1.84. The maximum Gasteiger partial charge on any atom is 0.261 e. The normalized spacial score (nSPS) is 11.0. The Morgan fingerprint density at radius 1 is 1.10 bits per heavy atom. The van der Waals surface area contributed by atoms with Gasteiger partial charge < -0.3 is 0 Å². The second kappa shape index (κ2) is 5.88. The summed E-state index contributed by atoms with van der Waals surface area (Å²) in [5, 5.41) is 9.09. The smallest absolute Gasteiger partial charge is 0.261 e. The summed E-state index contributed by atoms with van der Waals surface area (Å²) in [4.78, 5) is 0.178. The first-order valence-electron chi connectivity index (χ1n) is 6.13. The minimum Gasteiger partial charge on any atom is -0.278 e. The zero-order valence-electron chi connectivity index (χ0n) is 11.5. The predicted molar refractivity (Wildman–Crippen MR) is 85.6 cm³/mol. The van der Waals surface area contributed by atoms with Gasteiger partial charge in [-0.05, 0) is 55.3 Å². The lowest BCUT2D eigenvalue weighted by Gasteiger charge is -2.11. The van der Waals surface area contributed by atoms with Crippen LogP contribution < -0.4 is 4.72 Å². The van der Waals surface area contributed by atoms with E-state index in [2.05, 4.69) is 20.7 Å². The summed E-state index contributed by atoms with van der Waals surface area (Å²) in [5.74, 6) is 0. The second-order valence-electron chi connectivity index (χ2n) is 4.65. The van der Waals surface area contributed by atoms with Crippen molar-refractivity contribution in [1.29, 1.82) is 5.26 Å². The van der Waals surface area contributed by atoms with Gasteiger partial charge in [0.2, 0.25) is 0 Å². The number of anilines is 1. The summed E-state index contributed by atoms with van der Waals surface area (Å²) in [6.45, 7) is 3.77. The summed E-state index contributed by atoms with van der Waals surface area (Å²) >= 11 is 3.25. The Morgan fingerprint density at radius 3 is 2.43 bits per heavy atom. The molecule has 0 amide bonds. The molecule has 0 radical (unpaired) electrons. The van der Waals surface area contributed by atoms with Gasteiger partial charge in [-0.25, -0.2) is 8.42 Å². The number of aryl methyl sites for hydroxylation is 2. The zero-order chi connectivity index (χ0) is 15.6. The van der Waals surface area contributed by atoms with E-state index >= 15 is 0 Å². The van der Waals surface area contributed by atoms with Crippen LogP contribution in [0, 0.1) is 25.2 Å². The lowest BCUT2D eigenvalue weighted by atomic mass is 10.1. The van der Waals surface area contributed by atoms with Gasteiger partial charge in [0, 0.05) is 4.47 Å². The summed E-state index contributed by atoms with van der Waals surface area (Å²) in [5.41, 5.74) is 2.44. The van der Waals surface area contributed by atoms with Crippen molar-refractivity contribution in [2.45, 2.75) is 18.7 Å². The summed E-state index contributed by atoms with van der Waals surface area (Å²) < 4.78 is 27.9. The molecule has 4 nitrogen and oxygen atoms in total. The van der Waals surface area contributed by atoms with Crippen LogP contribution in [0.25, 0.3) is 0 Å². The zero-order valence-corrected chi connectivity index (χ0v) is 13.9. The van der Waals surface area contributed by atoms with E-state index in [1.165, 1.54) is 0 Å². The van der Waals surface area contributed by atoms with Crippen molar-refractivity contribution >= 4 is 31.6 Å². The molecule has 0 unspecified atom stereocenters. The monoisotopic (exact) mass is 364 g/mol. The quantitative estimate of drug-likeness (QED) is 0.901. The Bertz CT molecular complexity index is 839. The molecule has 0 spiro atoms. The van der Waals surface area contributed by atoms with Crippen molar-refractivity contribution in [3.05, 3.63) is 57.6 Å². The third-order valence-electron chi connectivity index (χ3n) is 3.14. The van der Waals surface area contributed by atoms with Crippen molar-refractivity contribution in [2.24, 2.45) is 0 Å². The Kier molecular flexibility index (Phi) is 4.35. The van der Waals surface area contributed by atoms with E-state index in [4.69, 9.17) is 5.26 Å². The molecule has 0 aliphatic carbocycles. The first-order chi connectivity index (χ1) is 9.83. The van der Waals surface area contributed by atoms with Gasteiger partial charge in [-0.3, -0.25) is 4.72 Å². The lowest BCUT2D eigenvalue weighted by molar-refractivity contribution is 0.601. The molecule has 2 aromatic rings.